The number of ketones is 2. The zero-order valence-corrected chi connectivity index (χ0v) is 20.9. The molecule has 2 aromatic rings. The van der Waals surface area contributed by atoms with Gasteiger partial charge in [0.15, 0.2) is 11.4 Å². The first kappa shape index (κ1) is 24.5. The van der Waals surface area contributed by atoms with E-state index in [2.05, 4.69) is 0 Å². The Morgan fingerprint density at radius 1 is 1.17 bits per heavy atom. The Kier molecular flexibility index (Phi) is 5.56. The number of carbonyl (C=O) groups excluding carboxylic acids is 3. The zero-order valence-electron chi connectivity index (χ0n) is 19.3. The van der Waals surface area contributed by atoms with E-state index in [1.807, 2.05) is 6.07 Å². The van der Waals surface area contributed by atoms with Crippen LogP contribution in [0.25, 0.3) is 10.4 Å². The minimum atomic E-state index is -2.65. The van der Waals surface area contributed by atoms with Gasteiger partial charge in [0.05, 0.1) is 15.9 Å². The minimum Gasteiger partial charge on any atom is -0.510 e. The number of allylic oxidation sites excluding steroid dienone is 1. The number of carbonyl (C=O) groups is 3. The number of phenols is 1. The first-order chi connectivity index (χ1) is 16.9. The summed E-state index contributed by atoms with van der Waals surface area (Å²) in [7, 11) is 3.17. The largest absolute Gasteiger partial charge is 0.510 e. The number of aliphatic hydroxyl groups is 3. The third-order valence-corrected chi connectivity index (χ3v) is 8.71. The highest BCUT2D eigenvalue weighted by Crippen LogP contribution is 2.53. The van der Waals surface area contributed by atoms with Crippen LogP contribution in [0.5, 0.6) is 5.75 Å². The van der Waals surface area contributed by atoms with Gasteiger partial charge in [0.25, 0.3) is 5.91 Å². The third-order valence-electron chi connectivity index (χ3n) is 7.44. The maximum Gasteiger partial charge on any atom is 0.255 e. The molecule has 5 rings (SSSR count). The molecule has 1 aromatic heterocycles. The van der Waals surface area contributed by atoms with E-state index in [-0.39, 0.29) is 29.7 Å². The predicted octanol–water partition coefficient (Wildman–Crippen LogP) is 2.50. The Labute approximate surface area is 214 Å². The minimum absolute atomic E-state index is 0.0298. The number of likely N-dealkylation sites (N-methyl/N-ethyl adjacent to an activating group) is 1. The Balaban J connectivity index is 1.73. The van der Waals surface area contributed by atoms with Crippen LogP contribution in [0, 0.1) is 11.8 Å². The van der Waals surface area contributed by atoms with E-state index < -0.39 is 58.0 Å². The van der Waals surface area contributed by atoms with Gasteiger partial charge < -0.3 is 26.2 Å². The van der Waals surface area contributed by atoms with Crippen LogP contribution in [0.3, 0.4) is 0 Å². The van der Waals surface area contributed by atoms with Crippen molar-refractivity contribution < 1.29 is 34.8 Å². The number of Topliss-reactive ketones (excluding diaryl/α,β-unsaturated/α-hetero) is 2. The Hall–Kier alpha value is -3.18. The van der Waals surface area contributed by atoms with E-state index in [9.17, 15) is 34.8 Å². The van der Waals surface area contributed by atoms with Crippen molar-refractivity contribution >= 4 is 40.4 Å². The van der Waals surface area contributed by atoms with E-state index in [0.29, 0.717) is 15.5 Å². The molecule has 3 aliphatic carbocycles. The summed E-state index contributed by atoms with van der Waals surface area (Å²) in [4.78, 5) is 41.3. The van der Waals surface area contributed by atoms with Crippen LogP contribution >= 0.6 is 22.9 Å². The number of aromatic hydroxyl groups is 1. The highest BCUT2D eigenvalue weighted by molar-refractivity contribution is 7.19. The summed E-state index contributed by atoms with van der Waals surface area (Å²) >= 11 is 7.43. The molecular weight excluding hydrogens is 508 g/mol. The van der Waals surface area contributed by atoms with Crippen molar-refractivity contribution in [2.75, 3.05) is 14.1 Å². The number of thiophene rings is 1. The van der Waals surface area contributed by atoms with Gasteiger partial charge >= 0.3 is 0 Å². The molecule has 1 heterocycles. The summed E-state index contributed by atoms with van der Waals surface area (Å²) in [5.74, 6) is -6.72. The van der Waals surface area contributed by atoms with Crippen LogP contribution in [0.2, 0.25) is 4.34 Å². The van der Waals surface area contributed by atoms with Crippen molar-refractivity contribution in [3.8, 4) is 16.2 Å². The van der Waals surface area contributed by atoms with E-state index in [1.165, 1.54) is 22.3 Å². The Bertz CT molecular complexity index is 1430. The predicted molar refractivity (Wildman–Crippen MR) is 132 cm³/mol. The molecule has 36 heavy (non-hydrogen) atoms. The molecule has 1 amide bonds. The number of fused-ring (bicyclic) bond motifs is 3. The number of rotatable bonds is 3. The molecule has 9 nitrogen and oxygen atoms in total. The second-order valence-electron chi connectivity index (χ2n) is 9.55. The van der Waals surface area contributed by atoms with Gasteiger partial charge in [-0.15, -0.1) is 11.3 Å². The van der Waals surface area contributed by atoms with Gasteiger partial charge in [-0.05, 0) is 68.2 Å². The van der Waals surface area contributed by atoms with Crippen molar-refractivity contribution in [2.24, 2.45) is 17.6 Å². The average molecular weight is 531 g/mol. The number of hydrogen-bond acceptors (Lipinski definition) is 9. The van der Waals surface area contributed by atoms with Gasteiger partial charge in [-0.25, -0.2) is 0 Å². The summed E-state index contributed by atoms with van der Waals surface area (Å²) in [6.45, 7) is 0. The van der Waals surface area contributed by atoms with Crippen LogP contribution in [0.4, 0.5) is 0 Å². The Morgan fingerprint density at radius 2 is 1.86 bits per heavy atom. The van der Waals surface area contributed by atoms with Crippen molar-refractivity contribution in [3.05, 3.63) is 62.4 Å². The number of phenolic OH excluding ortho intramolecular Hbond substituents is 1. The number of primary amides is 1. The average Bonchev–Trinajstić information content (AvgIpc) is 3.22. The van der Waals surface area contributed by atoms with Crippen LogP contribution in [-0.2, 0) is 16.0 Å². The maximum absolute atomic E-state index is 13.7. The number of hydrogen-bond donors (Lipinski definition) is 5. The van der Waals surface area contributed by atoms with Crippen molar-refractivity contribution in [1.82, 2.24) is 4.90 Å². The molecule has 0 unspecified atom stereocenters. The highest BCUT2D eigenvalue weighted by atomic mass is 35.5. The van der Waals surface area contributed by atoms with Crippen LogP contribution in [0.1, 0.15) is 22.3 Å². The first-order valence-corrected chi connectivity index (χ1v) is 12.3. The van der Waals surface area contributed by atoms with Crippen LogP contribution < -0.4 is 5.73 Å². The lowest BCUT2D eigenvalue weighted by Gasteiger charge is -2.50. The quantitative estimate of drug-likeness (QED) is 0.378. The van der Waals surface area contributed by atoms with E-state index in [0.717, 1.165) is 4.88 Å². The molecule has 0 saturated carbocycles. The van der Waals surface area contributed by atoms with Crippen molar-refractivity contribution in [2.45, 2.75) is 24.5 Å². The van der Waals surface area contributed by atoms with Gasteiger partial charge in [-0.2, -0.15) is 0 Å². The lowest BCUT2D eigenvalue weighted by molar-refractivity contribution is -0.148. The summed E-state index contributed by atoms with van der Waals surface area (Å²) in [5.41, 5.74) is 2.90. The number of aliphatic hydroxyl groups excluding tert-OH is 2. The summed E-state index contributed by atoms with van der Waals surface area (Å²) in [6, 6.07) is 5.57. The second kappa shape index (κ2) is 8.17. The maximum atomic E-state index is 13.7. The zero-order chi connectivity index (χ0) is 26.3. The van der Waals surface area contributed by atoms with Gasteiger partial charge in [0, 0.05) is 16.4 Å². The lowest BCUT2D eigenvalue weighted by atomic mass is 9.58. The first-order valence-electron chi connectivity index (χ1n) is 11.1. The van der Waals surface area contributed by atoms with E-state index in [1.54, 1.807) is 26.2 Å². The molecule has 3 aliphatic rings. The number of halogens is 1. The molecular formula is C25H23ClN2O7S. The number of nitrogens with zero attached hydrogens (tertiary/aromatic N) is 1. The number of nitrogens with two attached hydrogens (primary N) is 1. The van der Waals surface area contributed by atoms with Gasteiger partial charge in [-0.3, -0.25) is 19.3 Å². The molecule has 188 valence electrons. The molecule has 0 aliphatic heterocycles. The van der Waals surface area contributed by atoms with Crippen molar-refractivity contribution in [1.29, 1.82) is 0 Å². The molecule has 6 N–H and O–H groups in total. The molecule has 11 heteroatoms. The number of benzene rings is 1. The standard InChI is InChI=1S/C25H23ClN2O7S/c1-28(2)19-12-8-9-7-11-10(14-5-6-15(26)36-14)3-4-13(29)17(11)20(30)16(9)22(32)25(12,35)23(33)18(21(19)31)24(27)34/h3-6,9,12,19,29,31-32,35H,7-8H2,1-2H3,(H2,27,34)/t9-,12-,19-,25-/m1/s1. The van der Waals surface area contributed by atoms with Gasteiger partial charge in [0.2, 0.25) is 5.78 Å². The monoisotopic (exact) mass is 530 g/mol. The normalized spacial score (nSPS) is 27.8. The third kappa shape index (κ3) is 3.18. The SMILES string of the molecule is CN(C)[C@H]1C(O)=C(C(N)=O)C(=O)[C@]2(O)C(O)=C3C(=O)c4c(O)ccc(-c5ccc(Cl)s5)c4C[C@@H]3C[C@H]12. The number of amides is 1. The fourth-order valence-corrected chi connectivity index (χ4v) is 7.04. The molecule has 0 fully saturated rings. The molecule has 0 radical (unpaired) electrons. The highest BCUT2D eigenvalue weighted by Gasteiger charge is 2.63. The molecule has 0 saturated heterocycles. The molecule has 4 atom stereocenters. The summed E-state index contributed by atoms with van der Waals surface area (Å²) in [5, 5.41) is 44.4. The van der Waals surface area contributed by atoms with Crippen LogP contribution in [-0.4, -0.2) is 68.5 Å². The smallest absolute Gasteiger partial charge is 0.255 e. The van der Waals surface area contributed by atoms with Crippen molar-refractivity contribution in [3.63, 3.8) is 0 Å². The van der Waals surface area contributed by atoms with Gasteiger partial charge in [-0.1, -0.05) is 11.6 Å². The fraction of sp³-hybridized carbons (Fsp3) is 0.320. The molecule has 0 spiro atoms. The van der Waals surface area contributed by atoms with Crippen LogP contribution in [0.15, 0.2) is 46.9 Å². The lowest BCUT2D eigenvalue weighted by Crippen LogP contribution is -2.63. The second-order valence-corrected chi connectivity index (χ2v) is 11.3. The Morgan fingerprint density at radius 3 is 2.44 bits per heavy atom. The van der Waals surface area contributed by atoms with Gasteiger partial charge in [0.1, 0.15) is 22.8 Å². The molecule has 1 aromatic carbocycles. The summed E-state index contributed by atoms with van der Waals surface area (Å²) < 4.78 is 0.553. The fourth-order valence-electron chi connectivity index (χ4n) is 5.94. The summed E-state index contributed by atoms with van der Waals surface area (Å²) in [6.07, 6.45) is 0.250. The topological polar surface area (TPSA) is 161 Å². The van der Waals surface area contributed by atoms with E-state index in [4.69, 9.17) is 17.3 Å². The molecule has 0 bridgehead atoms. The van der Waals surface area contributed by atoms with E-state index >= 15 is 0 Å².